The maximum Gasteiger partial charge on any atom is 0.573 e. The normalized spacial score (nSPS) is 17.1. The van der Waals surface area contributed by atoms with Crippen LogP contribution in [-0.4, -0.2) is 40.7 Å². The van der Waals surface area contributed by atoms with Crippen LogP contribution in [0, 0.1) is 6.92 Å². The van der Waals surface area contributed by atoms with E-state index in [-0.39, 0.29) is 17.9 Å². The van der Waals surface area contributed by atoms with E-state index in [1.807, 2.05) is 0 Å². The number of halogens is 3. The number of amides is 2. The second-order valence-corrected chi connectivity index (χ2v) is 5.89. The lowest BCUT2D eigenvalue weighted by atomic mass is 10.2. The maximum atomic E-state index is 12.5. The van der Waals surface area contributed by atoms with Crippen LogP contribution in [0.3, 0.4) is 0 Å². The highest BCUT2D eigenvalue weighted by atomic mass is 19.4. The quantitative estimate of drug-likeness (QED) is 0.879. The molecule has 0 aliphatic carbocycles. The van der Waals surface area contributed by atoms with Gasteiger partial charge in [0, 0.05) is 24.5 Å². The van der Waals surface area contributed by atoms with Gasteiger partial charge in [0.1, 0.15) is 17.5 Å². The summed E-state index contributed by atoms with van der Waals surface area (Å²) >= 11 is 0. The topological polar surface area (TPSA) is 84.4 Å². The molecular formula is C17H15F3N4O3. The number of aryl methyl sites for hydroxylation is 1. The zero-order valence-electron chi connectivity index (χ0n) is 14.2. The molecule has 2 heterocycles. The smallest absolute Gasteiger partial charge is 0.406 e. The van der Waals surface area contributed by atoms with Gasteiger partial charge in [0.15, 0.2) is 0 Å². The highest BCUT2D eigenvalue weighted by molar-refractivity contribution is 6.03. The lowest BCUT2D eigenvalue weighted by molar-refractivity contribution is -0.274. The van der Waals surface area contributed by atoms with Crippen molar-refractivity contribution in [3.05, 3.63) is 48.0 Å². The molecule has 1 aromatic carbocycles. The van der Waals surface area contributed by atoms with Crippen LogP contribution in [0.1, 0.15) is 22.6 Å². The van der Waals surface area contributed by atoms with Crippen molar-refractivity contribution in [2.75, 3.05) is 11.4 Å². The molecule has 0 bridgehead atoms. The Morgan fingerprint density at radius 1 is 1.30 bits per heavy atom. The van der Waals surface area contributed by atoms with E-state index in [1.54, 1.807) is 6.92 Å². The molecule has 1 unspecified atom stereocenters. The molecule has 10 heteroatoms. The zero-order valence-corrected chi connectivity index (χ0v) is 14.2. The number of alkyl halides is 3. The highest BCUT2D eigenvalue weighted by Gasteiger charge is 2.35. The molecule has 3 rings (SSSR count). The van der Waals surface area contributed by atoms with Gasteiger partial charge < -0.3 is 15.0 Å². The van der Waals surface area contributed by atoms with Crippen LogP contribution in [0.25, 0.3) is 0 Å². The Labute approximate surface area is 152 Å². The summed E-state index contributed by atoms with van der Waals surface area (Å²) in [6.45, 7) is 1.97. The second-order valence-electron chi connectivity index (χ2n) is 5.89. The van der Waals surface area contributed by atoms with Crippen LogP contribution in [0.5, 0.6) is 5.75 Å². The second kappa shape index (κ2) is 7.22. The van der Waals surface area contributed by atoms with Crippen molar-refractivity contribution in [3.8, 4) is 5.75 Å². The van der Waals surface area contributed by atoms with Gasteiger partial charge in [-0.3, -0.25) is 14.6 Å². The zero-order chi connectivity index (χ0) is 19.6. The predicted molar refractivity (Wildman–Crippen MR) is 88.1 cm³/mol. The minimum atomic E-state index is -4.82. The molecule has 2 aromatic rings. The third kappa shape index (κ3) is 4.52. The van der Waals surface area contributed by atoms with Crippen molar-refractivity contribution in [1.82, 2.24) is 15.3 Å². The molecule has 0 saturated carbocycles. The molecular weight excluding hydrogens is 365 g/mol. The van der Waals surface area contributed by atoms with Crippen LogP contribution in [-0.2, 0) is 4.79 Å². The number of ether oxygens (including phenoxy) is 1. The van der Waals surface area contributed by atoms with Gasteiger partial charge >= 0.3 is 6.36 Å². The third-order valence-corrected chi connectivity index (χ3v) is 3.89. The number of hydrogen-bond acceptors (Lipinski definition) is 5. The standard InChI is InChI=1S/C17H15F3N4O3/c1-10-8-22-14(9-21-10)15(25)23-13-5-6-24(16(13)26)11-3-2-4-12(7-11)27-17(18,19)20/h2-4,7-9,13H,5-6H2,1H3,(H,23,25). The van der Waals surface area contributed by atoms with Crippen molar-refractivity contribution in [2.24, 2.45) is 0 Å². The summed E-state index contributed by atoms with van der Waals surface area (Å²) in [6, 6.07) is 4.33. The Morgan fingerprint density at radius 3 is 2.74 bits per heavy atom. The number of rotatable bonds is 4. The molecule has 27 heavy (non-hydrogen) atoms. The summed E-state index contributed by atoms with van der Waals surface area (Å²) in [5.41, 5.74) is 0.983. The van der Waals surface area contributed by atoms with Gasteiger partial charge in [0.25, 0.3) is 5.91 Å². The molecule has 7 nitrogen and oxygen atoms in total. The fourth-order valence-corrected chi connectivity index (χ4v) is 2.66. The SMILES string of the molecule is Cc1cnc(C(=O)NC2CCN(c3cccc(OC(F)(F)F)c3)C2=O)cn1. The van der Waals surface area contributed by atoms with E-state index in [9.17, 15) is 22.8 Å². The third-order valence-electron chi connectivity index (χ3n) is 3.89. The van der Waals surface area contributed by atoms with Crippen LogP contribution in [0.4, 0.5) is 18.9 Å². The molecule has 1 N–H and O–H groups in total. The molecule has 0 radical (unpaired) electrons. The number of carbonyl (C=O) groups excluding carboxylic acids is 2. The number of aromatic nitrogens is 2. The first-order chi connectivity index (χ1) is 12.7. The highest BCUT2D eigenvalue weighted by Crippen LogP contribution is 2.29. The molecule has 2 amide bonds. The summed E-state index contributed by atoms with van der Waals surface area (Å²) < 4.78 is 40.9. The van der Waals surface area contributed by atoms with E-state index in [4.69, 9.17) is 0 Å². The van der Waals surface area contributed by atoms with E-state index < -0.39 is 30.0 Å². The molecule has 0 spiro atoms. The average Bonchev–Trinajstić information content (AvgIpc) is 2.95. The summed E-state index contributed by atoms with van der Waals surface area (Å²) in [7, 11) is 0. The minimum Gasteiger partial charge on any atom is -0.406 e. The van der Waals surface area contributed by atoms with E-state index in [0.717, 1.165) is 12.1 Å². The fourth-order valence-electron chi connectivity index (χ4n) is 2.66. The van der Waals surface area contributed by atoms with Crippen LogP contribution >= 0.6 is 0 Å². The predicted octanol–water partition coefficient (Wildman–Crippen LogP) is 2.22. The van der Waals surface area contributed by atoms with E-state index in [0.29, 0.717) is 12.1 Å². The number of nitrogens with one attached hydrogen (secondary N) is 1. The summed E-state index contributed by atoms with van der Waals surface area (Å²) in [6.07, 6.45) is -1.77. The number of nitrogens with zero attached hydrogens (tertiary/aromatic N) is 3. The molecule has 1 saturated heterocycles. The van der Waals surface area contributed by atoms with E-state index >= 15 is 0 Å². The molecule has 1 aliphatic heterocycles. The summed E-state index contributed by atoms with van der Waals surface area (Å²) in [4.78, 5) is 33.9. The Morgan fingerprint density at radius 2 is 2.07 bits per heavy atom. The Hall–Kier alpha value is -3.17. The first kappa shape index (κ1) is 18.6. The molecule has 1 aliphatic rings. The minimum absolute atomic E-state index is 0.0763. The maximum absolute atomic E-state index is 12.5. The Bertz CT molecular complexity index is 855. The van der Waals surface area contributed by atoms with E-state index in [1.165, 1.54) is 29.4 Å². The number of carbonyl (C=O) groups is 2. The van der Waals surface area contributed by atoms with Crippen molar-refractivity contribution in [2.45, 2.75) is 25.7 Å². The van der Waals surface area contributed by atoms with Gasteiger partial charge in [-0.1, -0.05) is 6.07 Å². The van der Waals surface area contributed by atoms with Crippen molar-refractivity contribution < 1.29 is 27.5 Å². The van der Waals surface area contributed by atoms with Crippen LogP contribution in [0.15, 0.2) is 36.7 Å². The fraction of sp³-hybridized carbons (Fsp3) is 0.294. The van der Waals surface area contributed by atoms with Crippen molar-refractivity contribution in [1.29, 1.82) is 0 Å². The molecule has 1 aromatic heterocycles. The lowest BCUT2D eigenvalue weighted by Gasteiger charge is -2.18. The van der Waals surface area contributed by atoms with Crippen molar-refractivity contribution >= 4 is 17.5 Å². The molecule has 142 valence electrons. The summed E-state index contributed by atoms with van der Waals surface area (Å²) in [5, 5.41) is 2.57. The van der Waals surface area contributed by atoms with Crippen molar-refractivity contribution in [3.63, 3.8) is 0 Å². The van der Waals surface area contributed by atoms with Crippen LogP contribution in [0.2, 0.25) is 0 Å². The monoisotopic (exact) mass is 380 g/mol. The lowest BCUT2D eigenvalue weighted by Crippen LogP contribution is -2.41. The Balaban J connectivity index is 1.69. The van der Waals surface area contributed by atoms with Gasteiger partial charge in [-0.25, -0.2) is 4.98 Å². The van der Waals surface area contributed by atoms with Gasteiger partial charge in [-0.15, -0.1) is 13.2 Å². The average molecular weight is 380 g/mol. The number of anilines is 1. The number of benzene rings is 1. The molecule has 1 fully saturated rings. The summed E-state index contributed by atoms with van der Waals surface area (Å²) in [5.74, 6) is -1.39. The largest absolute Gasteiger partial charge is 0.573 e. The van der Waals surface area contributed by atoms with Gasteiger partial charge in [-0.05, 0) is 25.5 Å². The van der Waals surface area contributed by atoms with E-state index in [2.05, 4.69) is 20.0 Å². The van der Waals surface area contributed by atoms with Gasteiger partial charge in [0.05, 0.1) is 11.9 Å². The Kier molecular flexibility index (Phi) is 4.98. The van der Waals surface area contributed by atoms with Gasteiger partial charge in [0.2, 0.25) is 5.91 Å². The molecule has 1 atom stereocenters. The van der Waals surface area contributed by atoms with Gasteiger partial charge in [-0.2, -0.15) is 0 Å². The number of hydrogen-bond donors (Lipinski definition) is 1. The first-order valence-electron chi connectivity index (χ1n) is 7.99. The van der Waals surface area contributed by atoms with Crippen LogP contribution < -0.4 is 15.0 Å². The first-order valence-corrected chi connectivity index (χ1v) is 7.99.